The van der Waals surface area contributed by atoms with Gasteiger partial charge in [0.25, 0.3) is 0 Å². The Kier molecular flexibility index (Phi) is 9.63. The van der Waals surface area contributed by atoms with Gasteiger partial charge < -0.3 is 15.4 Å². The zero-order chi connectivity index (χ0) is 15.5. The van der Waals surface area contributed by atoms with Gasteiger partial charge in [-0.1, -0.05) is 6.92 Å². The topological polar surface area (TPSA) is 53.6 Å². The van der Waals surface area contributed by atoms with Crippen molar-refractivity contribution in [2.24, 2.45) is 5.92 Å². The van der Waals surface area contributed by atoms with Crippen LogP contribution in [0.4, 0.5) is 0 Å². The van der Waals surface area contributed by atoms with Gasteiger partial charge in [0.1, 0.15) is 0 Å². The van der Waals surface area contributed by atoms with Crippen LogP contribution in [-0.2, 0) is 9.53 Å². The number of nitrogens with zero attached hydrogens (tertiary/aromatic N) is 1. The SMILES string of the molecule is CCCNCC1CCN(C(C)C(=O)NCCCOC)CC1. The summed E-state index contributed by atoms with van der Waals surface area (Å²) in [5.74, 6) is 0.915. The van der Waals surface area contributed by atoms with Crippen LogP contribution in [0, 0.1) is 5.92 Å². The van der Waals surface area contributed by atoms with Crippen LogP contribution in [0.15, 0.2) is 0 Å². The molecular formula is C16H33N3O2. The Morgan fingerprint density at radius 3 is 2.67 bits per heavy atom. The summed E-state index contributed by atoms with van der Waals surface area (Å²) < 4.78 is 4.98. The minimum Gasteiger partial charge on any atom is -0.385 e. The second-order valence-electron chi connectivity index (χ2n) is 6.00. The lowest BCUT2D eigenvalue weighted by Crippen LogP contribution is -2.49. The van der Waals surface area contributed by atoms with Crippen LogP contribution >= 0.6 is 0 Å². The number of ether oxygens (including phenoxy) is 1. The molecule has 0 aromatic heterocycles. The molecule has 1 heterocycles. The fourth-order valence-electron chi connectivity index (χ4n) is 2.77. The van der Waals surface area contributed by atoms with Crippen LogP contribution in [-0.4, -0.2) is 63.3 Å². The first-order chi connectivity index (χ1) is 10.2. The van der Waals surface area contributed by atoms with Crippen LogP contribution in [0.3, 0.4) is 0 Å². The number of nitrogens with one attached hydrogen (secondary N) is 2. The van der Waals surface area contributed by atoms with E-state index in [2.05, 4.69) is 22.5 Å². The number of piperidine rings is 1. The van der Waals surface area contributed by atoms with E-state index in [1.54, 1.807) is 7.11 Å². The maximum atomic E-state index is 12.1. The lowest BCUT2D eigenvalue weighted by atomic mass is 9.95. The highest BCUT2D eigenvalue weighted by Crippen LogP contribution is 2.18. The summed E-state index contributed by atoms with van der Waals surface area (Å²) in [5, 5.41) is 6.50. The summed E-state index contributed by atoms with van der Waals surface area (Å²) in [6, 6.07) is -0.0166. The standard InChI is InChI=1S/C16H33N3O2/c1-4-8-17-13-15-6-10-19(11-7-15)14(2)16(20)18-9-5-12-21-3/h14-15,17H,4-13H2,1-3H3,(H,18,20). The van der Waals surface area contributed by atoms with Crippen molar-refractivity contribution in [2.75, 3.05) is 46.4 Å². The lowest BCUT2D eigenvalue weighted by Gasteiger charge is -2.35. The summed E-state index contributed by atoms with van der Waals surface area (Å²) in [7, 11) is 1.68. The molecule has 2 N–H and O–H groups in total. The van der Waals surface area contributed by atoms with Gasteiger partial charge in [-0.15, -0.1) is 0 Å². The molecule has 5 nitrogen and oxygen atoms in total. The van der Waals surface area contributed by atoms with E-state index in [4.69, 9.17) is 4.74 Å². The maximum Gasteiger partial charge on any atom is 0.237 e. The monoisotopic (exact) mass is 299 g/mol. The van der Waals surface area contributed by atoms with Crippen molar-refractivity contribution >= 4 is 5.91 Å². The Morgan fingerprint density at radius 2 is 2.05 bits per heavy atom. The molecule has 124 valence electrons. The minimum absolute atomic E-state index is 0.0166. The first kappa shape index (κ1) is 18.4. The molecular weight excluding hydrogens is 266 g/mol. The molecule has 1 atom stereocenters. The normalized spacial score (nSPS) is 18.6. The van der Waals surface area contributed by atoms with Crippen LogP contribution in [0.25, 0.3) is 0 Å². The summed E-state index contributed by atoms with van der Waals surface area (Å²) in [6.45, 7) is 9.92. The Balaban J connectivity index is 2.18. The minimum atomic E-state index is -0.0166. The molecule has 1 aliphatic heterocycles. The molecule has 0 aliphatic carbocycles. The van der Waals surface area contributed by atoms with Gasteiger partial charge in [-0.05, 0) is 64.7 Å². The Bertz CT molecular complexity index is 279. The molecule has 1 fully saturated rings. The first-order valence-electron chi connectivity index (χ1n) is 8.40. The first-order valence-corrected chi connectivity index (χ1v) is 8.40. The highest BCUT2D eigenvalue weighted by molar-refractivity contribution is 5.81. The van der Waals surface area contributed by atoms with Gasteiger partial charge in [0.2, 0.25) is 5.91 Å². The van der Waals surface area contributed by atoms with E-state index >= 15 is 0 Å². The number of methoxy groups -OCH3 is 1. The van der Waals surface area contributed by atoms with E-state index in [0.717, 1.165) is 38.5 Å². The van der Waals surface area contributed by atoms with Crippen molar-refractivity contribution in [3.05, 3.63) is 0 Å². The van der Waals surface area contributed by atoms with Gasteiger partial charge in [0.15, 0.2) is 0 Å². The molecule has 5 heteroatoms. The molecule has 0 aromatic rings. The van der Waals surface area contributed by atoms with Crippen molar-refractivity contribution < 1.29 is 9.53 Å². The van der Waals surface area contributed by atoms with Crippen molar-refractivity contribution in [1.29, 1.82) is 0 Å². The second-order valence-corrected chi connectivity index (χ2v) is 6.00. The molecule has 1 saturated heterocycles. The van der Waals surface area contributed by atoms with E-state index in [9.17, 15) is 4.79 Å². The van der Waals surface area contributed by atoms with Crippen molar-refractivity contribution in [3.8, 4) is 0 Å². The third kappa shape index (κ3) is 7.25. The molecule has 1 amide bonds. The fraction of sp³-hybridized carbons (Fsp3) is 0.938. The van der Waals surface area contributed by atoms with Gasteiger partial charge in [-0.25, -0.2) is 0 Å². The van der Waals surface area contributed by atoms with Crippen LogP contribution < -0.4 is 10.6 Å². The summed E-state index contributed by atoms with van der Waals surface area (Å²) >= 11 is 0. The third-order valence-electron chi connectivity index (χ3n) is 4.26. The highest BCUT2D eigenvalue weighted by Gasteiger charge is 2.26. The molecule has 0 aromatic carbocycles. The summed E-state index contributed by atoms with van der Waals surface area (Å²) in [4.78, 5) is 14.4. The predicted molar refractivity (Wildman–Crippen MR) is 86.4 cm³/mol. The van der Waals surface area contributed by atoms with E-state index in [1.165, 1.54) is 19.3 Å². The van der Waals surface area contributed by atoms with Crippen molar-refractivity contribution in [1.82, 2.24) is 15.5 Å². The number of hydrogen-bond acceptors (Lipinski definition) is 4. The van der Waals surface area contributed by atoms with Gasteiger partial charge in [-0.3, -0.25) is 9.69 Å². The Labute approximate surface area is 129 Å². The van der Waals surface area contributed by atoms with E-state index in [1.807, 2.05) is 6.92 Å². The second kappa shape index (κ2) is 11.0. The van der Waals surface area contributed by atoms with Gasteiger partial charge in [-0.2, -0.15) is 0 Å². The molecule has 0 radical (unpaired) electrons. The Hall–Kier alpha value is -0.650. The van der Waals surface area contributed by atoms with Gasteiger partial charge >= 0.3 is 0 Å². The molecule has 0 bridgehead atoms. The van der Waals surface area contributed by atoms with Crippen LogP contribution in [0.1, 0.15) is 39.5 Å². The summed E-state index contributed by atoms with van der Waals surface area (Å²) in [6.07, 6.45) is 4.45. The van der Waals surface area contributed by atoms with Gasteiger partial charge in [0, 0.05) is 20.3 Å². The molecule has 1 unspecified atom stereocenters. The summed E-state index contributed by atoms with van der Waals surface area (Å²) in [5.41, 5.74) is 0. The molecule has 1 rings (SSSR count). The average Bonchev–Trinajstić information content (AvgIpc) is 2.51. The quantitative estimate of drug-likeness (QED) is 0.596. The number of carbonyl (C=O) groups excluding carboxylic acids is 1. The zero-order valence-electron chi connectivity index (χ0n) is 14.0. The number of hydrogen-bond donors (Lipinski definition) is 2. The van der Waals surface area contributed by atoms with E-state index < -0.39 is 0 Å². The molecule has 21 heavy (non-hydrogen) atoms. The Morgan fingerprint density at radius 1 is 1.33 bits per heavy atom. The predicted octanol–water partition coefficient (Wildman–Crippen LogP) is 1.24. The van der Waals surface area contributed by atoms with E-state index in [0.29, 0.717) is 13.2 Å². The smallest absolute Gasteiger partial charge is 0.237 e. The fourth-order valence-corrected chi connectivity index (χ4v) is 2.77. The molecule has 1 aliphatic rings. The molecule has 0 saturated carbocycles. The number of amides is 1. The van der Waals surface area contributed by atoms with Crippen molar-refractivity contribution in [3.63, 3.8) is 0 Å². The third-order valence-corrected chi connectivity index (χ3v) is 4.26. The lowest BCUT2D eigenvalue weighted by molar-refractivity contribution is -0.126. The van der Waals surface area contributed by atoms with Crippen LogP contribution in [0.5, 0.6) is 0 Å². The van der Waals surface area contributed by atoms with Crippen molar-refractivity contribution in [2.45, 2.75) is 45.6 Å². The number of likely N-dealkylation sites (tertiary alicyclic amines) is 1. The highest BCUT2D eigenvalue weighted by atomic mass is 16.5. The number of carbonyl (C=O) groups is 1. The van der Waals surface area contributed by atoms with E-state index in [-0.39, 0.29) is 11.9 Å². The molecule has 0 spiro atoms. The largest absolute Gasteiger partial charge is 0.385 e. The van der Waals surface area contributed by atoms with Gasteiger partial charge in [0.05, 0.1) is 6.04 Å². The maximum absolute atomic E-state index is 12.1. The van der Waals surface area contributed by atoms with Crippen LogP contribution in [0.2, 0.25) is 0 Å². The average molecular weight is 299 g/mol. The number of rotatable bonds is 10. The zero-order valence-corrected chi connectivity index (χ0v) is 14.0.